The van der Waals surface area contributed by atoms with E-state index in [0.717, 1.165) is 58.7 Å². The molecule has 2 rings (SSSR count). The molecule has 6 nitrogen and oxygen atoms in total. The summed E-state index contributed by atoms with van der Waals surface area (Å²) >= 11 is 0. The maximum atomic E-state index is 11.8. The van der Waals surface area contributed by atoms with E-state index in [0.29, 0.717) is 24.8 Å². The molecule has 2 fully saturated rings. The van der Waals surface area contributed by atoms with Crippen molar-refractivity contribution >= 4 is 11.8 Å². The van der Waals surface area contributed by atoms with Gasteiger partial charge in [0.05, 0.1) is 6.54 Å². The number of likely N-dealkylation sites (N-methyl/N-ethyl adjacent to an activating group) is 1. The average Bonchev–Trinajstić information content (AvgIpc) is 2.71. The van der Waals surface area contributed by atoms with Gasteiger partial charge in [0.2, 0.25) is 11.8 Å². The van der Waals surface area contributed by atoms with Crippen LogP contribution in [-0.4, -0.2) is 97.9 Å². The summed E-state index contributed by atoms with van der Waals surface area (Å²) < 4.78 is 0. The molecule has 2 amide bonds. The summed E-state index contributed by atoms with van der Waals surface area (Å²) in [4.78, 5) is 31.9. The van der Waals surface area contributed by atoms with Crippen LogP contribution in [0.25, 0.3) is 0 Å². The number of hydrogen-bond acceptors (Lipinski definition) is 4. The number of amides is 2. The smallest absolute Gasteiger partial charge is 0.236 e. The Balaban J connectivity index is 0.00000133. The summed E-state index contributed by atoms with van der Waals surface area (Å²) in [5, 5.41) is 0. The van der Waals surface area contributed by atoms with Gasteiger partial charge >= 0.3 is 0 Å². The zero-order chi connectivity index (χ0) is 21.5. The second-order valence-electron chi connectivity index (χ2n) is 7.75. The number of piperazine rings is 1. The maximum Gasteiger partial charge on any atom is 0.236 e. The van der Waals surface area contributed by atoms with Gasteiger partial charge in [0.1, 0.15) is 0 Å². The summed E-state index contributed by atoms with van der Waals surface area (Å²) in [5.74, 6) is 1.19. The Morgan fingerprint density at radius 1 is 0.857 bits per heavy atom. The third-order valence-electron chi connectivity index (χ3n) is 5.11. The van der Waals surface area contributed by atoms with Gasteiger partial charge in [-0.2, -0.15) is 0 Å². The van der Waals surface area contributed by atoms with E-state index < -0.39 is 0 Å². The molecule has 0 unspecified atom stereocenters. The highest BCUT2D eigenvalue weighted by Crippen LogP contribution is 2.19. The van der Waals surface area contributed by atoms with Crippen LogP contribution in [0.3, 0.4) is 0 Å². The molecule has 6 heteroatoms. The Kier molecular flexibility index (Phi) is 15.1. The van der Waals surface area contributed by atoms with Crippen LogP contribution in [-0.2, 0) is 9.59 Å². The molecular formula is C22H46N4O2. The Labute approximate surface area is 174 Å². The Bertz CT molecular complexity index is 413. The van der Waals surface area contributed by atoms with Gasteiger partial charge in [0.25, 0.3) is 0 Å². The van der Waals surface area contributed by atoms with Crippen LogP contribution in [0.2, 0.25) is 0 Å². The lowest BCUT2D eigenvalue weighted by Gasteiger charge is -2.38. The maximum absolute atomic E-state index is 11.8. The van der Waals surface area contributed by atoms with Crippen molar-refractivity contribution in [1.29, 1.82) is 0 Å². The summed E-state index contributed by atoms with van der Waals surface area (Å²) in [5.41, 5.74) is 0. The van der Waals surface area contributed by atoms with Crippen molar-refractivity contribution in [1.82, 2.24) is 19.6 Å². The fourth-order valence-electron chi connectivity index (χ4n) is 3.42. The Hall–Kier alpha value is -1.14. The van der Waals surface area contributed by atoms with Crippen molar-refractivity contribution in [3.63, 3.8) is 0 Å². The van der Waals surface area contributed by atoms with Gasteiger partial charge in [-0.05, 0) is 18.8 Å². The molecule has 2 heterocycles. The summed E-state index contributed by atoms with van der Waals surface area (Å²) in [6.45, 7) is 17.8. The van der Waals surface area contributed by atoms with Gasteiger partial charge in [-0.1, -0.05) is 41.0 Å². The minimum absolute atomic E-state index is 0.186. The fourth-order valence-corrected chi connectivity index (χ4v) is 3.42. The third kappa shape index (κ3) is 10.4. The highest BCUT2D eigenvalue weighted by Gasteiger charge is 2.25. The predicted octanol–water partition coefficient (Wildman–Crippen LogP) is 2.78. The molecule has 0 aliphatic carbocycles. The van der Waals surface area contributed by atoms with E-state index in [1.54, 1.807) is 4.90 Å². The van der Waals surface area contributed by atoms with Crippen LogP contribution >= 0.6 is 0 Å². The minimum atomic E-state index is 0.186. The zero-order valence-corrected chi connectivity index (χ0v) is 19.7. The lowest BCUT2D eigenvalue weighted by atomic mass is 9.95. The molecule has 0 saturated carbocycles. The van der Waals surface area contributed by atoms with Crippen molar-refractivity contribution in [3.8, 4) is 0 Å². The molecule has 0 radical (unpaired) electrons. The molecule has 2 aliphatic rings. The molecule has 2 saturated heterocycles. The van der Waals surface area contributed by atoms with Gasteiger partial charge in [-0.25, -0.2) is 0 Å². The van der Waals surface area contributed by atoms with Gasteiger partial charge in [-0.15, -0.1) is 0 Å². The quantitative estimate of drug-likeness (QED) is 0.714. The van der Waals surface area contributed by atoms with Crippen LogP contribution in [0.4, 0.5) is 0 Å². The van der Waals surface area contributed by atoms with Crippen molar-refractivity contribution in [2.24, 2.45) is 5.92 Å². The summed E-state index contributed by atoms with van der Waals surface area (Å²) in [6.07, 6.45) is 4.13. The van der Waals surface area contributed by atoms with Crippen molar-refractivity contribution < 1.29 is 9.59 Å². The molecule has 0 aromatic rings. The van der Waals surface area contributed by atoms with Crippen LogP contribution < -0.4 is 0 Å². The van der Waals surface area contributed by atoms with E-state index in [2.05, 4.69) is 23.6 Å². The second kappa shape index (κ2) is 15.7. The zero-order valence-electron chi connectivity index (χ0n) is 19.7. The largest absolute Gasteiger partial charge is 0.348 e. The van der Waals surface area contributed by atoms with Crippen molar-refractivity contribution in [3.05, 3.63) is 0 Å². The molecule has 0 atom stereocenters. The van der Waals surface area contributed by atoms with Gasteiger partial charge < -0.3 is 14.7 Å². The SMILES string of the molecule is CC.CCC.CCC(=O)N1CCC(CN2CCN(CC(=O)N(C)C)CC2)CC1. The molecule has 2 aliphatic heterocycles. The first-order valence-corrected chi connectivity index (χ1v) is 11.3. The van der Waals surface area contributed by atoms with Gasteiger partial charge in [0, 0.05) is 66.3 Å². The molecule has 0 spiro atoms. The number of carbonyl (C=O) groups excluding carboxylic acids is 2. The lowest BCUT2D eigenvalue weighted by Crippen LogP contribution is -2.51. The summed E-state index contributed by atoms with van der Waals surface area (Å²) in [7, 11) is 3.63. The van der Waals surface area contributed by atoms with E-state index in [-0.39, 0.29) is 5.91 Å². The van der Waals surface area contributed by atoms with Crippen LogP contribution in [0.1, 0.15) is 60.3 Å². The second-order valence-corrected chi connectivity index (χ2v) is 7.75. The molecule has 0 bridgehead atoms. The molecule has 28 heavy (non-hydrogen) atoms. The van der Waals surface area contributed by atoms with E-state index in [9.17, 15) is 9.59 Å². The molecular weight excluding hydrogens is 352 g/mol. The standard InChI is InChI=1S/C17H32N4O2.C3H8.C2H6/c1-4-16(22)21-7-5-15(6-8-21)13-19-9-11-20(12-10-19)14-17(23)18(2)3;1-3-2;1-2/h15H,4-14H2,1-3H3;3H2,1-2H3;1-2H3. The Morgan fingerprint density at radius 2 is 1.32 bits per heavy atom. The third-order valence-corrected chi connectivity index (χ3v) is 5.11. The molecule has 166 valence electrons. The first-order valence-electron chi connectivity index (χ1n) is 11.3. The first-order chi connectivity index (χ1) is 13.4. The van der Waals surface area contributed by atoms with Crippen molar-refractivity contribution in [2.45, 2.75) is 60.3 Å². The van der Waals surface area contributed by atoms with Crippen LogP contribution in [0.15, 0.2) is 0 Å². The van der Waals surface area contributed by atoms with E-state index in [1.807, 2.05) is 39.8 Å². The average molecular weight is 399 g/mol. The van der Waals surface area contributed by atoms with E-state index >= 15 is 0 Å². The number of rotatable bonds is 5. The van der Waals surface area contributed by atoms with E-state index in [4.69, 9.17) is 0 Å². The van der Waals surface area contributed by atoms with Gasteiger partial charge in [-0.3, -0.25) is 14.5 Å². The first kappa shape index (κ1) is 26.9. The topological polar surface area (TPSA) is 47.1 Å². The molecule has 0 N–H and O–H groups in total. The fraction of sp³-hybridized carbons (Fsp3) is 0.909. The monoisotopic (exact) mass is 398 g/mol. The predicted molar refractivity (Wildman–Crippen MR) is 118 cm³/mol. The lowest BCUT2D eigenvalue weighted by molar-refractivity contribution is -0.132. The van der Waals surface area contributed by atoms with Crippen LogP contribution in [0.5, 0.6) is 0 Å². The van der Waals surface area contributed by atoms with Crippen molar-refractivity contribution in [2.75, 3.05) is 66.5 Å². The number of nitrogens with zero attached hydrogens (tertiary/aromatic N) is 4. The number of likely N-dealkylation sites (tertiary alicyclic amines) is 1. The highest BCUT2D eigenvalue weighted by molar-refractivity contribution is 5.77. The molecule has 0 aromatic carbocycles. The van der Waals surface area contributed by atoms with E-state index in [1.165, 1.54) is 6.42 Å². The number of hydrogen-bond donors (Lipinski definition) is 0. The highest BCUT2D eigenvalue weighted by atomic mass is 16.2. The summed E-state index contributed by atoms with van der Waals surface area (Å²) in [6, 6.07) is 0. The van der Waals surface area contributed by atoms with Crippen LogP contribution in [0, 0.1) is 5.92 Å². The molecule has 0 aromatic heterocycles. The Morgan fingerprint density at radius 3 is 1.75 bits per heavy atom. The minimum Gasteiger partial charge on any atom is -0.348 e. The number of piperidine rings is 1. The number of carbonyl (C=O) groups is 2. The van der Waals surface area contributed by atoms with Gasteiger partial charge in [0.15, 0.2) is 0 Å². The normalized spacial score (nSPS) is 18.5.